The number of Topliss-reactive ketones (excluding diaryl/α,β-unsaturated/α-hetero) is 1. The molecule has 0 heterocycles. The number of hydrogen-bond donors (Lipinski definition) is 1. The number of aliphatic carboxylic acids is 1. The van der Waals surface area contributed by atoms with E-state index in [9.17, 15) is 14.0 Å². The van der Waals surface area contributed by atoms with Crippen molar-refractivity contribution >= 4 is 11.8 Å². The topological polar surface area (TPSA) is 54.4 Å². The first-order chi connectivity index (χ1) is 8.08. The molecule has 2 atom stereocenters. The molecule has 90 valence electrons. The minimum absolute atomic E-state index is 0.0752. The van der Waals surface area contributed by atoms with Gasteiger partial charge in [0.25, 0.3) is 0 Å². The van der Waals surface area contributed by atoms with Crippen molar-refractivity contribution < 1.29 is 19.1 Å². The molecule has 4 heteroatoms. The molecule has 0 unspecified atom stereocenters. The first-order valence-electron chi connectivity index (χ1n) is 5.60. The van der Waals surface area contributed by atoms with Gasteiger partial charge in [0.1, 0.15) is 5.82 Å². The Bertz CT molecular complexity index is 438. The van der Waals surface area contributed by atoms with E-state index < -0.39 is 11.9 Å². The Hall–Kier alpha value is -1.71. The molecule has 0 amide bonds. The number of benzene rings is 1. The lowest BCUT2D eigenvalue weighted by Gasteiger charge is -2.08. The zero-order valence-corrected chi connectivity index (χ0v) is 9.23. The lowest BCUT2D eigenvalue weighted by molar-refractivity contribution is -0.141. The first-order valence-corrected chi connectivity index (χ1v) is 5.60. The van der Waals surface area contributed by atoms with Crippen LogP contribution < -0.4 is 0 Å². The summed E-state index contributed by atoms with van der Waals surface area (Å²) in [6, 6.07) is 5.39. The summed E-state index contributed by atoms with van der Waals surface area (Å²) in [5.74, 6) is -1.93. The Balaban J connectivity index is 2.07. The van der Waals surface area contributed by atoms with Crippen molar-refractivity contribution in [3.63, 3.8) is 0 Å². The molecule has 17 heavy (non-hydrogen) atoms. The predicted octanol–water partition coefficient (Wildman–Crippen LogP) is 2.51. The molecule has 1 aliphatic rings. The number of rotatable bonds is 3. The predicted molar refractivity (Wildman–Crippen MR) is 59.2 cm³/mol. The van der Waals surface area contributed by atoms with E-state index in [0.29, 0.717) is 24.8 Å². The van der Waals surface area contributed by atoms with E-state index in [1.165, 1.54) is 24.3 Å². The summed E-state index contributed by atoms with van der Waals surface area (Å²) in [5.41, 5.74) is 0.461. The van der Waals surface area contributed by atoms with Gasteiger partial charge in [0, 0.05) is 11.5 Å². The van der Waals surface area contributed by atoms with Crippen molar-refractivity contribution in [1.82, 2.24) is 0 Å². The van der Waals surface area contributed by atoms with E-state index >= 15 is 0 Å². The van der Waals surface area contributed by atoms with Crippen molar-refractivity contribution in [2.24, 2.45) is 11.8 Å². The maximum atomic E-state index is 12.7. The van der Waals surface area contributed by atoms with Crippen LogP contribution >= 0.6 is 0 Å². The van der Waals surface area contributed by atoms with Crippen LogP contribution in [0.2, 0.25) is 0 Å². The maximum absolute atomic E-state index is 12.7. The quantitative estimate of drug-likeness (QED) is 0.820. The average molecular weight is 236 g/mol. The molecule has 0 aromatic heterocycles. The van der Waals surface area contributed by atoms with Crippen molar-refractivity contribution in [2.45, 2.75) is 19.3 Å². The molecule has 1 N–H and O–H groups in total. The standard InChI is InChI=1S/C13H13FO3/c14-11-5-3-8(4-6-11)12(15)9-1-2-10(7-9)13(16)17/h3-6,9-10H,1-2,7H2,(H,16,17)/t9-,10+/m1/s1. The fraction of sp³-hybridized carbons (Fsp3) is 0.385. The Morgan fingerprint density at radius 2 is 1.71 bits per heavy atom. The van der Waals surface area contributed by atoms with Crippen LogP contribution in [0.5, 0.6) is 0 Å². The lowest BCUT2D eigenvalue weighted by Crippen LogP contribution is -2.14. The van der Waals surface area contributed by atoms with Crippen LogP contribution in [-0.4, -0.2) is 16.9 Å². The van der Waals surface area contributed by atoms with Crippen LogP contribution in [0.15, 0.2) is 24.3 Å². The van der Waals surface area contributed by atoms with Crippen LogP contribution in [-0.2, 0) is 4.79 Å². The molecular weight excluding hydrogens is 223 g/mol. The molecule has 3 nitrogen and oxygen atoms in total. The number of carboxylic acid groups (broad SMARTS) is 1. The Morgan fingerprint density at radius 1 is 1.12 bits per heavy atom. The summed E-state index contributed by atoms with van der Waals surface area (Å²) in [6.45, 7) is 0. The third kappa shape index (κ3) is 2.52. The van der Waals surface area contributed by atoms with Crippen LogP contribution in [0, 0.1) is 17.7 Å². The van der Waals surface area contributed by atoms with E-state index in [0.717, 1.165) is 0 Å². The Kier molecular flexibility index (Phi) is 3.22. The molecule has 0 aliphatic heterocycles. The second kappa shape index (κ2) is 4.65. The van der Waals surface area contributed by atoms with Gasteiger partial charge in [-0.25, -0.2) is 4.39 Å². The first kappa shape index (κ1) is 11.8. The van der Waals surface area contributed by atoms with Gasteiger partial charge in [-0.1, -0.05) is 0 Å². The lowest BCUT2D eigenvalue weighted by atomic mass is 9.95. The van der Waals surface area contributed by atoms with Gasteiger partial charge in [-0.3, -0.25) is 9.59 Å². The highest BCUT2D eigenvalue weighted by atomic mass is 19.1. The Morgan fingerprint density at radius 3 is 2.24 bits per heavy atom. The molecule has 0 saturated heterocycles. The summed E-state index contributed by atoms with van der Waals surface area (Å²) in [5, 5.41) is 8.86. The number of carboxylic acids is 1. The highest BCUT2D eigenvalue weighted by molar-refractivity contribution is 5.98. The van der Waals surface area contributed by atoms with Gasteiger partial charge in [-0.15, -0.1) is 0 Å². The molecule has 1 aliphatic carbocycles. The number of halogens is 1. The maximum Gasteiger partial charge on any atom is 0.306 e. The zero-order chi connectivity index (χ0) is 12.4. The van der Waals surface area contributed by atoms with Gasteiger partial charge in [-0.2, -0.15) is 0 Å². The van der Waals surface area contributed by atoms with E-state index in [1.807, 2.05) is 0 Å². The molecule has 1 saturated carbocycles. The summed E-state index contributed by atoms with van der Waals surface area (Å²) in [7, 11) is 0. The normalized spacial score (nSPS) is 23.6. The third-order valence-corrected chi connectivity index (χ3v) is 3.28. The van der Waals surface area contributed by atoms with Crippen molar-refractivity contribution in [3.8, 4) is 0 Å². The van der Waals surface area contributed by atoms with Crippen molar-refractivity contribution in [3.05, 3.63) is 35.6 Å². The van der Waals surface area contributed by atoms with Gasteiger partial charge in [-0.05, 0) is 43.5 Å². The molecule has 2 rings (SSSR count). The highest BCUT2D eigenvalue weighted by Crippen LogP contribution is 2.33. The van der Waals surface area contributed by atoms with Gasteiger partial charge in [0.05, 0.1) is 5.92 Å². The fourth-order valence-corrected chi connectivity index (χ4v) is 2.29. The van der Waals surface area contributed by atoms with Crippen molar-refractivity contribution in [1.29, 1.82) is 0 Å². The van der Waals surface area contributed by atoms with E-state index in [1.54, 1.807) is 0 Å². The second-order valence-electron chi connectivity index (χ2n) is 4.42. The van der Waals surface area contributed by atoms with Crippen LogP contribution in [0.1, 0.15) is 29.6 Å². The number of carbonyl (C=O) groups excluding carboxylic acids is 1. The number of ketones is 1. The molecular formula is C13H13FO3. The minimum atomic E-state index is -0.834. The highest BCUT2D eigenvalue weighted by Gasteiger charge is 2.34. The molecule has 1 aromatic carbocycles. The van der Waals surface area contributed by atoms with Gasteiger partial charge < -0.3 is 5.11 Å². The smallest absolute Gasteiger partial charge is 0.306 e. The molecule has 0 spiro atoms. The Labute approximate surface area is 98.3 Å². The van der Waals surface area contributed by atoms with E-state index in [-0.39, 0.29) is 17.5 Å². The summed E-state index contributed by atoms with van der Waals surface area (Å²) in [6.07, 6.45) is 1.55. The molecule has 1 fully saturated rings. The van der Waals surface area contributed by atoms with E-state index in [4.69, 9.17) is 5.11 Å². The zero-order valence-electron chi connectivity index (χ0n) is 9.23. The molecule has 1 aromatic rings. The molecule has 0 radical (unpaired) electrons. The minimum Gasteiger partial charge on any atom is -0.481 e. The van der Waals surface area contributed by atoms with Crippen LogP contribution in [0.4, 0.5) is 4.39 Å². The number of hydrogen-bond acceptors (Lipinski definition) is 2. The van der Waals surface area contributed by atoms with Gasteiger partial charge >= 0.3 is 5.97 Å². The summed E-state index contributed by atoms with van der Waals surface area (Å²) in [4.78, 5) is 22.8. The molecule has 0 bridgehead atoms. The summed E-state index contributed by atoms with van der Waals surface area (Å²) >= 11 is 0. The summed E-state index contributed by atoms with van der Waals surface area (Å²) < 4.78 is 12.7. The van der Waals surface area contributed by atoms with Crippen LogP contribution in [0.3, 0.4) is 0 Å². The SMILES string of the molecule is O=C(O)[C@H]1CC[C@@H](C(=O)c2ccc(F)cc2)C1. The average Bonchev–Trinajstić information content (AvgIpc) is 2.78. The second-order valence-corrected chi connectivity index (χ2v) is 4.42. The largest absolute Gasteiger partial charge is 0.481 e. The van der Waals surface area contributed by atoms with Gasteiger partial charge in [0.2, 0.25) is 0 Å². The van der Waals surface area contributed by atoms with Gasteiger partial charge in [0.15, 0.2) is 5.78 Å². The van der Waals surface area contributed by atoms with E-state index in [2.05, 4.69) is 0 Å². The monoisotopic (exact) mass is 236 g/mol. The van der Waals surface area contributed by atoms with Crippen molar-refractivity contribution in [2.75, 3.05) is 0 Å². The van der Waals surface area contributed by atoms with Crippen LogP contribution in [0.25, 0.3) is 0 Å². The fourth-order valence-electron chi connectivity index (χ4n) is 2.29. The third-order valence-electron chi connectivity index (χ3n) is 3.28. The number of carbonyl (C=O) groups is 2.